The molecule has 2 aromatic rings. The number of esters is 2. The number of ether oxygens (including phenoxy) is 5. The van der Waals surface area contributed by atoms with Gasteiger partial charge in [-0.25, -0.2) is 4.79 Å². The number of hydrogen-bond donors (Lipinski definition) is 1. The van der Waals surface area contributed by atoms with E-state index in [2.05, 4.69) is 0 Å². The lowest BCUT2D eigenvalue weighted by atomic mass is 9.99. The molecule has 1 aliphatic rings. The number of cyclic esters (lactones) is 2. The predicted molar refractivity (Wildman–Crippen MR) is 171 cm³/mol. The van der Waals surface area contributed by atoms with Gasteiger partial charge in [0.2, 0.25) is 11.8 Å². The SMILES string of the molecule is CC(C)(C)OC(=O)NC(=O)CC(=O)CCCOc1ccc(Cl)cc1.CC1(C)OC(=O)C(C(=O)CCCOc2ccc(Cl)cc2)C(=O)O1. The van der Waals surface area contributed by atoms with Crippen LogP contribution in [0.2, 0.25) is 10.0 Å². The quantitative estimate of drug-likeness (QED) is 0.148. The first-order valence-electron chi connectivity index (χ1n) is 14.7. The van der Waals surface area contributed by atoms with Gasteiger partial charge in [0.05, 0.1) is 19.6 Å². The number of hydrogen-bond acceptors (Lipinski definition) is 11. The molecule has 0 spiro atoms. The Hall–Kier alpha value is -4.16. The Bertz CT molecular complexity index is 1380. The summed E-state index contributed by atoms with van der Waals surface area (Å²) in [6, 6.07) is 13.7. The lowest BCUT2D eigenvalue weighted by Crippen LogP contribution is -2.49. The molecule has 0 bridgehead atoms. The summed E-state index contributed by atoms with van der Waals surface area (Å²) >= 11 is 11.5. The molecular formula is C33H39Cl2NO11. The minimum Gasteiger partial charge on any atom is -0.494 e. The lowest BCUT2D eigenvalue weighted by molar-refractivity contribution is -0.238. The van der Waals surface area contributed by atoms with Gasteiger partial charge in [-0.3, -0.25) is 29.3 Å². The Morgan fingerprint density at radius 3 is 1.68 bits per heavy atom. The summed E-state index contributed by atoms with van der Waals surface area (Å²) in [6.07, 6.45) is -0.173. The molecule has 3 rings (SSSR count). The van der Waals surface area contributed by atoms with Crippen LogP contribution in [0.25, 0.3) is 0 Å². The standard InChI is InChI=1S/C17H22ClNO5.C16H17ClO6/c1-17(2,3)24-16(22)19-15(21)11-13(20)5-4-10-23-14-8-6-12(18)7-9-14;1-16(2)22-14(19)13(15(20)23-16)12(18)4-3-9-21-11-7-5-10(17)6-8-11/h6-9H,4-5,10-11H2,1-3H3,(H,19,21,22);5-8,13H,3-4,9H2,1-2H3. The van der Waals surface area contributed by atoms with Gasteiger partial charge in [-0.1, -0.05) is 23.2 Å². The van der Waals surface area contributed by atoms with E-state index in [1.54, 1.807) is 69.3 Å². The molecule has 0 aromatic heterocycles. The molecule has 0 atom stereocenters. The van der Waals surface area contributed by atoms with Crippen molar-refractivity contribution < 1.29 is 52.5 Å². The Kier molecular flexibility index (Phi) is 15.2. The zero-order chi connectivity index (χ0) is 35.2. The van der Waals surface area contributed by atoms with Crippen molar-refractivity contribution in [1.29, 1.82) is 0 Å². The molecule has 0 radical (unpaired) electrons. The van der Waals surface area contributed by atoms with E-state index in [4.69, 9.17) is 46.9 Å². The minimum absolute atomic E-state index is 0.0168. The lowest BCUT2D eigenvalue weighted by Gasteiger charge is -2.32. The largest absolute Gasteiger partial charge is 0.494 e. The number of carbonyl (C=O) groups is 6. The molecule has 1 saturated heterocycles. The van der Waals surface area contributed by atoms with Gasteiger partial charge >= 0.3 is 18.0 Å². The van der Waals surface area contributed by atoms with Gasteiger partial charge in [0.1, 0.15) is 22.9 Å². The highest BCUT2D eigenvalue weighted by atomic mass is 35.5. The van der Waals surface area contributed by atoms with Gasteiger partial charge in [-0.2, -0.15) is 0 Å². The smallest absolute Gasteiger partial charge is 0.414 e. The first-order valence-corrected chi connectivity index (χ1v) is 15.5. The van der Waals surface area contributed by atoms with E-state index >= 15 is 0 Å². The molecule has 2 amide bonds. The zero-order valence-electron chi connectivity index (χ0n) is 26.9. The third-order valence-corrected chi connectivity index (χ3v) is 6.32. The fourth-order valence-corrected chi connectivity index (χ4v) is 4.07. The van der Waals surface area contributed by atoms with Crippen molar-refractivity contribution in [2.24, 2.45) is 5.92 Å². The molecule has 0 aliphatic carbocycles. The van der Waals surface area contributed by atoms with Crippen LogP contribution < -0.4 is 14.8 Å². The molecule has 0 unspecified atom stereocenters. The molecule has 12 nitrogen and oxygen atoms in total. The van der Waals surface area contributed by atoms with Crippen LogP contribution >= 0.6 is 23.2 Å². The molecule has 47 heavy (non-hydrogen) atoms. The Balaban J connectivity index is 0.000000327. The van der Waals surface area contributed by atoms with Crippen LogP contribution in [0.3, 0.4) is 0 Å². The number of alkyl carbamates (subject to hydrolysis) is 1. The molecule has 1 heterocycles. The highest BCUT2D eigenvalue weighted by molar-refractivity contribution is 6.30. The molecule has 1 fully saturated rings. The van der Waals surface area contributed by atoms with E-state index in [0.717, 1.165) is 0 Å². The number of carbonyl (C=O) groups excluding carboxylic acids is 6. The van der Waals surface area contributed by atoms with E-state index in [9.17, 15) is 28.8 Å². The first-order chi connectivity index (χ1) is 21.9. The van der Waals surface area contributed by atoms with Crippen LogP contribution in [-0.2, 0) is 38.2 Å². The molecule has 2 aromatic carbocycles. The van der Waals surface area contributed by atoms with Crippen LogP contribution in [-0.4, -0.2) is 60.1 Å². The Morgan fingerprint density at radius 2 is 1.23 bits per heavy atom. The van der Waals surface area contributed by atoms with E-state index in [-0.39, 0.29) is 31.7 Å². The number of amides is 2. The van der Waals surface area contributed by atoms with Gasteiger partial charge in [0, 0.05) is 36.7 Å². The fraction of sp³-hybridized carbons (Fsp3) is 0.455. The third-order valence-electron chi connectivity index (χ3n) is 5.82. The maximum Gasteiger partial charge on any atom is 0.414 e. The van der Waals surface area contributed by atoms with E-state index in [1.807, 2.05) is 5.32 Å². The molecule has 14 heteroatoms. The van der Waals surface area contributed by atoms with Crippen LogP contribution in [0.5, 0.6) is 11.5 Å². The van der Waals surface area contributed by atoms with E-state index in [0.29, 0.717) is 41.0 Å². The first kappa shape index (κ1) is 39.0. The van der Waals surface area contributed by atoms with Crippen molar-refractivity contribution >= 4 is 58.7 Å². The van der Waals surface area contributed by atoms with Crippen LogP contribution in [0.4, 0.5) is 4.79 Å². The third kappa shape index (κ3) is 15.8. The van der Waals surface area contributed by atoms with Crippen molar-refractivity contribution in [2.45, 2.75) is 78.1 Å². The topological polar surface area (TPSA) is 161 Å². The number of halogens is 2. The minimum atomic E-state index is -1.50. The number of ketones is 2. The van der Waals surface area contributed by atoms with Gasteiger partial charge in [-0.15, -0.1) is 0 Å². The summed E-state index contributed by atoms with van der Waals surface area (Å²) in [5.74, 6) is -4.75. The second kappa shape index (κ2) is 18.2. The average Bonchev–Trinajstić information content (AvgIpc) is 2.93. The maximum atomic E-state index is 12.0. The molecule has 1 N–H and O–H groups in total. The number of imide groups is 1. The normalized spacial score (nSPS) is 14.0. The molecule has 0 saturated carbocycles. The van der Waals surface area contributed by atoms with Crippen molar-refractivity contribution in [3.63, 3.8) is 0 Å². The monoisotopic (exact) mass is 695 g/mol. The molecular weight excluding hydrogens is 657 g/mol. The second-order valence-corrected chi connectivity index (χ2v) is 12.6. The second-order valence-electron chi connectivity index (χ2n) is 11.7. The van der Waals surface area contributed by atoms with Gasteiger partial charge in [-0.05, 0) is 82.1 Å². The number of benzene rings is 2. The fourth-order valence-electron chi connectivity index (χ4n) is 3.81. The summed E-state index contributed by atoms with van der Waals surface area (Å²) in [7, 11) is 0. The summed E-state index contributed by atoms with van der Waals surface area (Å²) in [4.78, 5) is 70.2. The number of nitrogens with one attached hydrogen (secondary N) is 1. The highest BCUT2D eigenvalue weighted by Gasteiger charge is 2.46. The van der Waals surface area contributed by atoms with Gasteiger partial charge in [0.25, 0.3) is 5.79 Å². The molecule has 1 aliphatic heterocycles. The average molecular weight is 697 g/mol. The Labute approximate surface area is 283 Å². The van der Waals surface area contributed by atoms with Crippen LogP contribution in [0, 0.1) is 5.92 Å². The zero-order valence-corrected chi connectivity index (χ0v) is 28.4. The van der Waals surface area contributed by atoms with Crippen LogP contribution in [0.15, 0.2) is 48.5 Å². The van der Waals surface area contributed by atoms with Crippen molar-refractivity contribution in [3.05, 3.63) is 58.6 Å². The van der Waals surface area contributed by atoms with Gasteiger partial charge in [0.15, 0.2) is 5.78 Å². The number of Topliss-reactive ketones (excluding diaryl/α,β-unsaturated/α-hetero) is 2. The van der Waals surface area contributed by atoms with Crippen molar-refractivity contribution in [1.82, 2.24) is 5.32 Å². The van der Waals surface area contributed by atoms with Gasteiger partial charge < -0.3 is 23.7 Å². The van der Waals surface area contributed by atoms with Crippen LogP contribution in [0.1, 0.15) is 66.7 Å². The summed E-state index contributed by atoms with van der Waals surface area (Å²) < 4.78 is 25.7. The summed E-state index contributed by atoms with van der Waals surface area (Å²) in [5, 5.41) is 3.24. The highest BCUT2D eigenvalue weighted by Crippen LogP contribution is 2.25. The summed E-state index contributed by atoms with van der Waals surface area (Å²) in [6.45, 7) is 8.54. The number of rotatable bonds is 13. The predicted octanol–water partition coefficient (Wildman–Crippen LogP) is 6.03. The summed E-state index contributed by atoms with van der Waals surface area (Å²) in [5.41, 5.74) is -0.701. The molecule has 256 valence electrons. The van der Waals surface area contributed by atoms with Crippen molar-refractivity contribution in [2.75, 3.05) is 13.2 Å². The maximum absolute atomic E-state index is 12.0. The van der Waals surface area contributed by atoms with E-state index < -0.39 is 47.0 Å². The Morgan fingerprint density at radius 1 is 0.787 bits per heavy atom. The van der Waals surface area contributed by atoms with Crippen molar-refractivity contribution in [3.8, 4) is 11.5 Å². The van der Waals surface area contributed by atoms with E-state index in [1.165, 1.54) is 13.8 Å².